The Balaban J connectivity index is 1.82. The zero-order chi connectivity index (χ0) is 13.9. The van der Waals surface area contributed by atoms with E-state index in [1.165, 1.54) is 9.75 Å². The summed E-state index contributed by atoms with van der Waals surface area (Å²) in [4.78, 5) is 11.4. The van der Waals surface area contributed by atoms with Gasteiger partial charge in [-0.2, -0.15) is 0 Å². The molecule has 1 unspecified atom stereocenters. The summed E-state index contributed by atoms with van der Waals surface area (Å²) in [5.74, 6) is 0. The van der Waals surface area contributed by atoms with Crippen LogP contribution in [-0.2, 0) is 12.8 Å². The first kappa shape index (κ1) is 13.2. The van der Waals surface area contributed by atoms with Crippen LogP contribution in [0.4, 0.5) is 0 Å². The molecule has 0 spiro atoms. The normalized spacial score (nSPS) is 12.7. The van der Waals surface area contributed by atoms with Gasteiger partial charge in [-0.1, -0.05) is 13.0 Å². The smallest absolute Gasteiger partial charge is 0.0890 e. The van der Waals surface area contributed by atoms with Gasteiger partial charge in [0.05, 0.1) is 11.0 Å². The molecule has 3 nitrogen and oxygen atoms in total. The highest BCUT2D eigenvalue weighted by molar-refractivity contribution is 7.11. The van der Waals surface area contributed by atoms with Crippen LogP contribution < -0.4 is 5.73 Å². The Morgan fingerprint density at radius 2 is 1.80 bits per heavy atom. The molecule has 0 aliphatic heterocycles. The van der Waals surface area contributed by atoms with Crippen LogP contribution in [0.15, 0.2) is 42.7 Å². The van der Waals surface area contributed by atoms with Crippen LogP contribution in [-0.4, -0.2) is 9.97 Å². The lowest BCUT2D eigenvalue weighted by Gasteiger charge is -2.11. The SMILES string of the molecule is CCc1ccc(CC(N)c2ccc3nccnc3c2)s1. The highest BCUT2D eigenvalue weighted by Crippen LogP contribution is 2.24. The average Bonchev–Trinajstić information content (AvgIpc) is 2.94. The second-order valence-electron chi connectivity index (χ2n) is 4.84. The number of hydrogen-bond donors (Lipinski definition) is 1. The van der Waals surface area contributed by atoms with Gasteiger partial charge in [0.1, 0.15) is 0 Å². The van der Waals surface area contributed by atoms with E-state index in [1.807, 2.05) is 23.5 Å². The van der Waals surface area contributed by atoms with E-state index in [9.17, 15) is 0 Å². The minimum Gasteiger partial charge on any atom is -0.324 e. The second kappa shape index (κ2) is 5.69. The van der Waals surface area contributed by atoms with Gasteiger partial charge in [0, 0.05) is 34.6 Å². The molecule has 2 aromatic heterocycles. The highest BCUT2D eigenvalue weighted by atomic mass is 32.1. The van der Waals surface area contributed by atoms with Crippen LogP contribution >= 0.6 is 11.3 Å². The van der Waals surface area contributed by atoms with Gasteiger partial charge in [-0.05, 0) is 36.2 Å². The Labute approximate surface area is 122 Å². The van der Waals surface area contributed by atoms with Crippen LogP contribution in [0.2, 0.25) is 0 Å². The molecule has 1 atom stereocenters. The molecular weight excluding hydrogens is 266 g/mol. The first-order valence-electron chi connectivity index (χ1n) is 6.80. The fourth-order valence-corrected chi connectivity index (χ4v) is 3.28. The Morgan fingerprint density at radius 1 is 1.05 bits per heavy atom. The maximum absolute atomic E-state index is 6.33. The van der Waals surface area contributed by atoms with Crippen molar-refractivity contribution < 1.29 is 0 Å². The lowest BCUT2D eigenvalue weighted by molar-refractivity contribution is 0.731. The molecule has 0 fully saturated rings. The molecule has 20 heavy (non-hydrogen) atoms. The number of fused-ring (bicyclic) bond motifs is 1. The summed E-state index contributed by atoms with van der Waals surface area (Å²) in [5.41, 5.74) is 9.26. The van der Waals surface area contributed by atoms with E-state index < -0.39 is 0 Å². The van der Waals surface area contributed by atoms with Crippen molar-refractivity contribution in [3.8, 4) is 0 Å². The number of aromatic nitrogens is 2. The number of nitrogens with two attached hydrogens (primary N) is 1. The third-order valence-corrected chi connectivity index (χ3v) is 4.66. The molecule has 3 aromatic rings. The van der Waals surface area contributed by atoms with E-state index in [-0.39, 0.29) is 6.04 Å². The maximum atomic E-state index is 6.33. The number of nitrogens with zero attached hydrogens (tertiary/aromatic N) is 2. The quantitative estimate of drug-likeness (QED) is 0.797. The van der Waals surface area contributed by atoms with Crippen molar-refractivity contribution in [2.75, 3.05) is 0 Å². The Kier molecular flexibility index (Phi) is 3.76. The van der Waals surface area contributed by atoms with Gasteiger partial charge in [-0.3, -0.25) is 9.97 Å². The summed E-state index contributed by atoms with van der Waals surface area (Å²) >= 11 is 1.85. The zero-order valence-corrected chi connectivity index (χ0v) is 12.2. The van der Waals surface area contributed by atoms with Gasteiger partial charge in [0.2, 0.25) is 0 Å². The Morgan fingerprint density at radius 3 is 2.55 bits per heavy atom. The van der Waals surface area contributed by atoms with Gasteiger partial charge in [0.25, 0.3) is 0 Å². The summed E-state index contributed by atoms with van der Waals surface area (Å²) in [6, 6.07) is 10.5. The summed E-state index contributed by atoms with van der Waals surface area (Å²) < 4.78 is 0. The summed E-state index contributed by atoms with van der Waals surface area (Å²) in [5, 5.41) is 0. The first-order valence-corrected chi connectivity index (χ1v) is 7.61. The molecule has 1 aromatic carbocycles. The molecule has 2 N–H and O–H groups in total. The fraction of sp³-hybridized carbons (Fsp3) is 0.250. The molecule has 0 amide bonds. The summed E-state index contributed by atoms with van der Waals surface area (Å²) in [6.45, 7) is 2.18. The molecule has 0 bridgehead atoms. The minimum absolute atomic E-state index is 0.00441. The molecule has 0 saturated carbocycles. The fourth-order valence-electron chi connectivity index (χ4n) is 2.27. The van der Waals surface area contributed by atoms with Crippen molar-refractivity contribution in [3.05, 3.63) is 58.0 Å². The second-order valence-corrected chi connectivity index (χ2v) is 6.09. The first-order chi connectivity index (χ1) is 9.76. The minimum atomic E-state index is 0.00441. The third-order valence-electron chi connectivity index (χ3n) is 3.41. The molecule has 0 aliphatic rings. The number of hydrogen-bond acceptors (Lipinski definition) is 4. The number of rotatable bonds is 4. The lowest BCUT2D eigenvalue weighted by atomic mass is 10.0. The lowest BCUT2D eigenvalue weighted by Crippen LogP contribution is -2.12. The largest absolute Gasteiger partial charge is 0.324 e. The van der Waals surface area contributed by atoms with Crippen LogP contribution in [0.25, 0.3) is 11.0 Å². The van der Waals surface area contributed by atoms with Crippen molar-refractivity contribution in [1.29, 1.82) is 0 Å². The molecule has 4 heteroatoms. The highest BCUT2D eigenvalue weighted by Gasteiger charge is 2.10. The van der Waals surface area contributed by atoms with Crippen LogP contribution in [0.1, 0.15) is 28.3 Å². The molecule has 0 saturated heterocycles. The van der Waals surface area contributed by atoms with E-state index in [0.717, 1.165) is 29.4 Å². The van der Waals surface area contributed by atoms with Crippen molar-refractivity contribution >= 4 is 22.4 Å². The Bertz CT molecular complexity index is 720. The van der Waals surface area contributed by atoms with Gasteiger partial charge >= 0.3 is 0 Å². The van der Waals surface area contributed by atoms with Crippen molar-refractivity contribution in [2.24, 2.45) is 5.73 Å². The average molecular weight is 283 g/mol. The third kappa shape index (κ3) is 2.71. The standard InChI is InChI=1S/C16H17N3S/c1-2-12-4-5-13(20-12)10-14(17)11-3-6-15-16(9-11)19-8-7-18-15/h3-9,14H,2,10,17H2,1H3. The number of thiophene rings is 1. The van der Waals surface area contributed by atoms with Gasteiger partial charge in [-0.25, -0.2) is 0 Å². The van der Waals surface area contributed by atoms with Crippen LogP contribution in [0.3, 0.4) is 0 Å². The van der Waals surface area contributed by atoms with E-state index in [1.54, 1.807) is 12.4 Å². The van der Waals surface area contributed by atoms with Crippen molar-refractivity contribution in [2.45, 2.75) is 25.8 Å². The molecule has 102 valence electrons. The molecule has 2 heterocycles. The van der Waals surface area contributed by atoms with Crippen molar-refractivity contribution in [1.82, 2.24) is 9.97 Å². The van der Waals surface area contributed by atoms with Crippen molar-refractivity contribution in [3.63, 3.8) is 0 Å². The number of aryl methyl sites for hydroxylation is 1. The van der Waals surface area contributed by atoms with E-state index in [4.69, 9.17) is 5.73 Å². The number of benzene rings is 1. The molecule has 0 radical (unpaired) electrons. The monoisotopic (exact) mass is 283 g/mol. The Hall–Kier alpha value is -1.78. The van der Waals surface area contributed by atoms with Crippen LogP contribution in [0, 0.1) is 0 Å². The molecule has 3 rings (SSSR count). The van der Waals surface area contributed by atoms with Crippen LogP contribution in [0.5, 0.6) is 0 Å². The van der Waals surface area contributed by atoms with Gasteiger partial charge < -0.3 is 5.73 Å². The maximum Gasteiger partial charge on any atom is 0.0890 e. The predicted octanol–water partition coefficient (Wildman–Crippen LogP) is 3.50. The topological polar surface area (TPSA) is 51.8 Å². The predicted molar refractivity (Wildman–Crippen MR) is 83.9 cm³/mol. The molecule has 0 aliphatic carbocycles. The summed E-state index contributed by atoms with van der Waals surface area (Å²) in [6.07, 6.45) is 5.38. The van der Waals surface area contributed by atoms with Gasteiger partial charge in [0.15, 0.2) is 0 Å². The zero-order valence-electron chi connectivity index (χ0n) is 11.4. The van der Waals surface area contributed by atoms with E-state index in [2.05, 4.69) is 35.1 Å². The summed E-state index contributed by atoms with van der Waals surface area (Å²) in [7, 11) is 0. The van der Waals surface area contributed by atoms with E-state index in [0.29, 0.717) is 0 Å². The molecular formula is C16H17N3S. The van der Waals surface area contributed by atoms with E-state index >= 15 is 0 Å². The van der Waals surface area contributed by atoms with Gasteiger partial charge in [-0.15, -0.1) is 11.3 Å².